The number of nitrogens with one attached hydrogen (secondary N) is 1. The van der Waals surface area contributed by atoms with Gasteiger partial charge >= 0.3 is 5.97 Å². The lowest BCUT2D eigenvalue weighted by Gasteiger charge is -2.05. The van der Waals surface area contributed by atoms with Crippen molar-refractivity contribution in [1.29, 1.82) is 0 Å². The highest BCUT2D eigenvalue weighted by atomic mass is 16.5. The van der Waals surface area contributed by atoms with E-state index in [9.17, 15) is 9.59 Å². The van der Waals surface area contributed by atoms with Crippen molar-refractivity contribution in [2.45, 2.75) is 13.3 Å². The van der Waals surface area contributed by atoms with Crippen LogP contribution < -0.4 is 10.2 Å². The van der Waals surface area contributed by atoms with Crippen molar-refractivity contribution in [3.8, 4) is 17.1 Å². The van der Waals surface area contributed by atoms with E-state index in [-0.39, 0.29) is 11.5 Å². The molecule has 0 radical (unpaired) electrons. The van der Waals surface area contributed by atoms with E-state index in [1.165, 1.54) is 18.3 Å². The topological polar surface area (TPSA) is 101 Å². The van der Waals surface area contributed by atoms with Crippen LogP contribution in [0.1, 0.15) is 39.8 Å². The summed E-state index contributed by atoms with van der Waals surface area (Å²) in [6, 6.07) is 16.6. The molecule has 0 aliphatic rings. The summed E-state index contributed by atoms with van der Waals surface area (Å²) < 4.78 is 11.1. The maximum absolute atomic E-state index is 12.1. The lowest BCUT2D eigenvalue weighted by molar-refractivity contribution is 0.0696. The maximum Gasteiger partial charge on any atom is 0.335 e. The molecule has 2 aromatic carbocycles. The minimum atomic E-state index is -0.984. The highest BCUT2D eigenvalue weighted by Gasteiger charge is 2.07. The fourth-order valence-corrected chi connectivity index (χ4v) is 2.50. The molecule has 0 unspecified atom stereocenters. The van der Waals surface area contributed by atoms with Crippen molar-refractivity contribution in [3.05, 3.63) is 77.6 Å². The average Bonchev–Trinajstić information content (AvgIpc) is 3.21. The first-order chi connectivity index (χ1) is 14.1. The number of carboxylic acid groups (broad SMARTS) is 1. The van der Waals surface area contributed by atoms with Gasteiger partial charge < -0.3 is 14.3 Å². The summed E-state index contributed by atoms with van der Waals surface area (Å²) in [5, 5.41) is 12.8. The summed E-state index contributed by atoms with van der Waals surface area (Å²) in [5.41, 5.74) is 3.85. The van der Waals surface area contributed by atoms with Gasteiger partial charge in [-0.15, -0.1) is 0 Å². The summed E-state index contributed by atoms with van der Waals surface area (Å²) in [6.45, 7) is 2.65. The first-order valence-electron chi connectivity index (χ1n) is 9.06. The second-order valence-corrected chi connectivity index (χ2v) is 6.16. The van der Waals surface area contributed by atoms with Gasteiger partial charge in [-0.25, -0.2) is 10.2 Å². The quantitative estimate of drug-likeness (QED) is 0.442. The highest BCUT2D eigenvalue weighted by molar-refractivity contribution is 5.94. The van der Waals surface area contributed by atoms with Crippen LogP contribution in [0.5, 0.6) is 5.75 Å². The van der Waals surface area contributed by atoms with Crippen LogP contribution in [0, 0.1) is 0 Å². The Morgan fingerprint density at radius 3 is 2.38 bits per heavy atom. The van der Waals surface area contributed by atoms with Crippen molar-refractivity contribution in [1.82, 2.24) is 5.43 Å². The summed E-state index contributed by atoms with van der Waals surface area (Å²) in [5.74, 6) is 0.400. The van der Waals surface area contributed by atoms with Gasteiger partial charge in [-0.1, -0.05) is 19.1 Å². The second kappa shape index (κ2) is 9.36. The van der Waals surface area contributed by atoms with Gasteiger partial charge in [0.2, 0.25) is 0 Å². The standard InChI is InChI=1S/C22H20N2O5/c1-2-13-28-18-9-7-16(8-10-18)21(25)24-23-14-19-11-12-20(29-19)15-3-5-17(6-4-15)22(26)27/h3-12,14H,2,13H2,1H3,(H,24,25)(H,26,27)/b23-14-. The third-order valence-corrected chi connectivity index (χ3v) is 3.99. The fourth-order valence-electron chi connectivity index (χ4n) is 2.50. The minimum absolute atomic E-state index is 0.203. The van der Waals surface area contributed by atoms with E-state index in [1.54, 1.807) is 48.5 Å². The Morgan fingerprint density at radius 1 is 1.03 bits per heavy atom. The van der Waals surface area contributed by atoms with Gasteiger partial charge in [-0.3, -0.25) is 4.79 Å². The number of hydrogen-bond donors (Lipinski definition) is 2. The lowest BCUT2D eigenvalue weighted by Crippen LogP contribution is -2.17. The molecule has 1 amide bonds. The molecule has 1 heterocycles. The zero-order valence-electron chi connectivity index (χ0n) is 15.8. The summed E-state index contributed by atoms with van der Waals surface area (Å²) in [7, 11) is 0. The van der Waals surface area contributed by atoms with E-state index in [0.717, 1.165) is 12.0 Å². The van der Waals surface area contributed by atoms with Crippen molar-refractivity contribution >= 4 is 18.1 Å². The number of ether oxygens (including phenoxy) is 1. The number of aromatic carboxylic acids is 1. The van der Waals surface area contributed by atoms with Crippen molar-refractivity contribution in [3.63, 3.8) is 0 Å². The molecule has 0 spiro atoms. The van der Waals surface area contributed by atoms with E-state index in [2.05, 4.69) is 10.5 Å². The summed E-state index contributed by atoms with van der Waals surface area (Å²) in [4.78, 5) is 23.0. The third-order valence-electron chi connectivity index (χ3n) is 3.99. The molecule has 2 N–H and O–H groups in total. The SMILES string of the molecule is CCCOc1ccc(C(=O)N/N=C\c2ccc(-c3ccc(C(=O)O)cc3)o2)cc1. The Kier molecular flexibility index (Phi) is 6.42. The Labute approximate surface area is 167 Å². The van der Waals surface area contributed by atoms with E-state index in [0.29, 0.717) is 29.4 Å². The first kappa shape index (κ1) is 19.9. The van der Waals surface area contributed by atoms with Crippen LogP contribution in [-0.4, -0.2) is 29.8 Å². The molecule has 0 aliphatic carbocycles. The number of hydrazone groups is 1. The number of benzene rings is 2. The fraction of sp³-hybridized carbons (Fsp3) is 0.136. The van der Waals surface area contributed by atoms with E-state index in [4.69, 9.17) is 14.3 Å². The van der Waals surface area contributed by atoms with Crippen LogP contribution in [0.2, 0.25) is 0 Å². The monoisotopic (exact) mass is 392 g/mol. The molecule has 3 rings (SSSR count). The van der Waals surface area contributed by atoms with Gasteiger partial charge in [-0.2, -0.15) is 5.10 Å². The number of carbonyl (C=O) groups excluding carboxylic acids is 1. The molecule has 0 bridgehead atoms. The summed E-state index contributed by atoms with van der Waals surface area (Å²) >= 11 is 0. The van der Waals surface area contributed by atoms with Gasteiger partial charge in [0.15, 0.2) is 0 Å². The minimum Gasteiger partial charge on any atom is -0.494 e. The van der Waals surface area contributed by atoms with Gasteiger partial charge in [0.1, 0.15) is 17.3 Å². The zero-order chi connectivity index (χ0) is 20.6. The number of furan rings is 1. The number of hydrogen-bond acceptors (Lipinski definition) is 5. The van der Waals surface area contributed by atoms with Crippen LogP contribution in [-0.2, 0) is 0 Å². The number of nitrogens with zero attached hydrogens (tertiary/aromatic N) is 1. The van der Waals surface area contributed by atoms with E-state index >= 15 is 0 Å². The number of rotatable bonds is 8. The molecule has 0 atom stereocenters. The average molecular weight is 392 g/mol. The molecular weight excluding hydrogens is 372 g/mol. The second-order valence-electron chi connectivity index (χ2n) is 6.16. The molecule has 0 saturated heterocycles. The van der Waals surface area contributed by atoms with Gasteiger partial charge in [0.25, 0.3) is 5.91 Å². The predicted octanol–water partition coefficient (Wildman–Crippen LogP) is 4.20. The molecule has 1 aromatic heterocycles. The maximum atomic E-state index is 12.1. The molecule has 148 valence electrons. The molecule has 29 heavy (non-hydrogen) atoms. The molecule has 0 saturated carbocycles. The number of carbonyl (C=O) groups is 2. The molecule has 3 aromatic rings. The Hall–Kier alpha value is -3.87. The largest absolute Gasteiger partial charge is 0.494 e. The van der Waals surface area contributed by atoms with Gasteiger partial charge in [-0.05, 0) is 55.0 Å². The predicted molar refractivity (Wildman–Crippen MR) is 108 cm³/mol. The molecule has 0 aliphatic heterocycles. The van der Waals surface area contributed by atoms with Crippen molar-refractivity contribution < 1.29 is 23.8 Å². The van der Waals surface area contributed by atoms with Crippen LogP contribution in [0.4, 0.5) is 0 Å². The number of carboxylic acids is 1. The van der Waals surface area contributed by atoms with Crippen LogP contribution in [0.3, 0.4) is 0 Å². The molecule has 7 heteroatoms. The third kappa shape index (κ3) is 5.32. The van der Waals surface area contributed by atoms with Crippen LogP contribution >= 0.6 is 0 Å². The van der Waals surface area contributed by atoms with Crippen LogP contribution in [0.25, 0.3) is 11.3 Å². The molecular formula is C22H20N2O5. The van der Waals surface area contributed by atoms with Gasteiger partial charge in [0, 0.05) is 11.1 Å². The Balaban J connectivity index is 1.58. The first-order valence-corrected chi connectivity index (χ1v) is 9.06. The van der Waals surface area contributed by atoms with Crippen LogP contribution in [0.15, 0.2) is 70.2 Å². The Bertz CT molecular complexity index is 1000. The van der Waals surface area contributed by atoms with Crippen molar-refractivity contribution in [2.24, 2.45) is 5.10 Å². The molecule has 0 fully saturated rings. The van der Waals surface area contributed by atoms with E-state index in [1.807, 2.05) is 6.92 Å². The zero-order valence-corrected chi connectivity index (χ0v) is 15.8. The lowest BCUT2D eigenvalue weighted by atomic mass is 10.1. The Morgan fingerprint density at radius 2 is 1.72 bits per heavy atom. The smallest absolute Gasteiger partial charge is 0.335 e. The van der Waals surface area contributed by atoms with Gasteiger partial charge in [0.05, 0.1) is 18.4 Å². The highest BCUT2D eigenvalue weighted by Crippen LogP contribution is 2.22. The van der Waals surface area contributed by atoms with E-state index < -0.39 is 5.97 Å². The number of amides is 1. The summed E-state index contributed by atoms with van der Waals surface area (Å²) in [6.07, 6.45) is 2.31. The normalized spacial score (nSPS) is 10.8. The molecule has 7 nitrogen and oxygen atoms in total. The van der Waals surface area contributed by atoms with Crippen molar-refractivity contribution in [2.75, 3.05) is 6.61 Å².